The Hall–Kier alpha value is -2.35. The van der Waals surface area contributed by atoms with Gasteiger partial charge in [0.15, 0.2) is 0 Å². The summed E-state index contributed by atoms with van der Waals surface area (Å²) in [7, 11) is -0.382. The number of rotatable bonds is 19. The third-order valence-electron chi connectivity index (χ3n) is 7.32. The average molecular weight is 553 g/mol. The van der Waals surface area contributed by atoms with Gasteiger partial charge in [0.25, 0.3) is 0 Å². The summed E-state index contributed by atoms with van der Waals surface area (Å²) in [6, 6.07) is 14.3. The van der Waals surface area contributed by atoms with Crippen molar-refractivity contribution in [3.05, 3.63) is 54.1 Å². The van der Waals surface area contributed by atoms with Gasteiger partial charge in [-0.25, -0.2) is 4.79 Å². The van der Waals surface area contributed by atoms with Crippen LogP contribution in [0.25, 0.3) is 0 Å². The fourth-order valence-corrected chi connectivity index (χ4v) is 4.92. The van der Waals surface area contributed by atoms with Crippen molar-refractivity contribution >= 4 is 18.6 Å². The van der Waals surface area contributed by atoms with Crippen molar-refractivity contribution in [2.45, 2.75) is 97.5 Å². The third-order valence-corrected chi connectivity index (χ3v) is 7.32. The lowest BCUT2D eigenvalue weighted by Crippen LogP contribution is -2.44. The van der Waals surface area contributed by atoms with Gasteiger partial charge in [-0.3, -0.25) is 0 Å². The van der Waals surface area contributed by atoms with Crippen LogP contribution >= 0.6 is 0 Å². The second-order valence-corrected chi connectivity index (χ2v) is 10.9. The number of unbranched alkanes of at least 4 members (excludes halogenated alkanes) is 9. The summed E-state index contributed by atoms with van der Waals surface area (Å²) in [5.41, 5.74) is 1.39. The van der Waals surface area contributed by atoms with E-state index < -0.39 is 5.97 Å². The lowest BCUT2D eigenvalue weighted by molar-refractivity contribution is 0.0402. The second kappa shape index (κ2) is 18.9. The van der Waals surface area contributed by atoms with Crippen molar-refractivity contribution in [3.8, 4) is 11.5 Å². The molecule has 3 rings (SSSR count). The zero-order valence-corrected chi connectivity index (χ0v) is 24.9. The van der Waals surface area contributed by atoms with Crippen molar-refractivity contribution < 1.29 is 28.3 Å². The van der Waals surface area contributed by atoms with Gasteiger partial charge >= 0.3 is 13.1 Å². The van der Waals surface area contributed by atoms with Gasteiger partial charge < -0.3 is 23.5 Å². The minimum atomic E-state index is -0.410. The minimum Gasteiger partial charge on any atom is -0.491 e. The van der Waals surface area contributed by atoms with E-state index in [0.717, 1.165) is 25.1 Å². The molecule has 40 heavy (non-hydrogen) atoms. The number of esters is 1. The largest absolute Gasteiger partial charge is 0.493 e. The van der Waals surface area contributed by atoms with Crippen LogP contribution in [-0.2, 0) is 14.0 Å². The van der Waals surface area contributed by atoms with E-state index in [4.69, 9.17) is 23.5 Å². The van der Waals surface area contributed by atoms with Gasteiger partial charge in [0, 0.05) is 25.7 Å². The number of hydrogen-bond donors (Lipinski definition) is 0. The smallest absolute Gasteiger partial charge is 0.491 e. The molecule has 0 saturated carbocycles. The Labute approximate surface area is 242 Å². The Morgan fingerprint density at radius 3 is 2.00 bits per heavy atom. The van der Waals surface area contributed by atoms with Gasteiger partial charge in [-0.1, -0.05) is 83.3 Å². The Balaban J connectivity index is 1.30. The van der Waals surface area contributed by atoms with Gasteiger partial charge in [0.05, 0.1) is 11.7 Å². The first kappa shape index (κ1) is 32.2. The Morgan fingerprint density at radius 2 is 1.40 bits per heavy atom. The van der Waals surface area contributed by atoms with E-state index >= 15 is 0 Å². The molecule has 1 aliphatic heterocycles. The molecule has 0 radical (unpaired) electrons. The van der Waals surface area contributed by atoms with Crippen molar-refractivity contribution in [3.63, 3.8) is 0 Å². The SMILES string of the molecule is CCCCCCCCCCCCC1COB(c2ccc(C(=O)Oc3ccc(OC[C@H](C)OCC)cc3)cc2)OC1. The first-order valence-corrected chi connectivity index (χ1v) is 15.5. The van der Waals surface area contributed by atoms with Crippen LogP contribution in [0.15, 0.2) is 48.5 Å². The number of hydrogen-bond acceptors (Lipinski definition) is 6. The minimum absolute atomic E-state index is 0.0192. The molecule has 1 fully saturated rings. The molecular formula is C33H49BO6. The first-order chi connectivity index (χ1) is 19.6. The highest BCUT2D eigenvalue weighted by Gasteiger charge is 2.29. The zero-order valence-electron chi connectivity index (χ0n) is 24.9. The Bertz CT molecular complexity index is 940. The fourth-order valence-electron chi connectivity index (χ4n) is 4.92. The van der Waals surface area contributed by atoms with Crippen LogP contribution in [0.4, 0.5) is 0 Å². The van der Waals surface area contributed by atoms with Crippen LogP contribution in [0.3, 0.4) is 0 Å². The molecule has 0 aliphatic carbocycles. The highest BCUT2D eigenvalue weighted by Crippen LogP contribution is 2.20. The maximum atomic E-state index is 12.6. The molecule has 1 saturated heterocycles. The van der Waals surface area contributed by atoms with E-state index in [1.165, 1.54) is 64.2 Å². The lowest BCUT2D eigenvalue weighted by Gasteiger charge is -2.27. The molecule has 0 N–H and O–H groups in total. The number of carbonyl (C=O) groups excluding carboxylic acids is 1. The van der Waals surface area contributed by atoms with Gasteiger partial charge in [0.2, 0.25) is 0 Å². The topological polar surface area (TPSA) is 63.2 Å². The predicted octanol–water partition coefficient (Wildman–Crippen LogP) is 7.38. The molecule has 0 bridgehead atoms. The van der Waals surface area contributed by atoms with Crippen molar-refractivity contribution in [1.82, 2.24) is 0 Å². The molecule has 0 aromatic heterocycles. The third kappa shape index (κ3) is 12.0. The molecule has 220 valence electrons. The maximum Gasteiger partial charge on any atom is 0.493 e. The molecule has 0 unspecified atom stereocenters. The summed E-state index contributed by atoms with van der Waals surface area (Å²) in [4.78, 5) is 12.6. The van der Waals surface area contributed by atoms with Gasteiger partial charge in [0.1, 0.15) is 18.1 Å². The lowest BCUT2D eigenvalue weighted by atomic mass is 9.77. The Morgan fingerprint density at radius 1 is 0.825 bits per heavy atom. The van der Waals surface area contributed by atoms with Crippen LogP contribution in [0.1, 0.15) is 102 Å². The normalized spacial score (nSPS) is 14.7. The molecule has 0 spiro atoms. The molecular weight excluding hydrogens is 503 g/mol. The van der Waals surface area contributed by atoms with Gasteiger partial charge in [-0.2, -0.15) is 0 Å². The molecule has 1 heterocycles. The van der Waals surface area contributed by atoms with Crippen molar-refractivity contribution in [2.24, 2.45) is 5.92 Å². The van der Waals surface area contributed by atoms with Crippen molar-refractivity contribution in [1.29, 1.82) is 0 Å². The number of ether oxygens (including phenoxy) is 3. The van der Waals surface area contributed by atoms with E-state index in [0.29, 0.717) is 36.2 Å². The molecule has 1 atom stereocenters. The fraction of sp³-hybridized carbons (Fsp3) is 0.606. The standard InChI is InChI=1S/C33H49BO6/c1-4-6-7-8-9-10-11-12-13-14-15-28-25-38-34(39-26-28)30-18-16-29(17-19-30)33(35)40-32-22-20-31(21-23-32)37-24-27(3)36-5-2/h16-23,27-28H,4-15,24-26H2,1-3H3/t27-/m0/s1. The summed E-state index contributed by atoms with van der Waals surface area (Å²) in [5.74, 6) is 1.22. The molecule has 0 amide bonds. The maximum absolute atomic E-state index is 12.6. The summed E-state index contributed by atoms with van der Waals surface area (Å²) in [6.45, 7) is 8.75. The quantitative estimate of drug-likeness (QED) is 0.0785. The zero-order chi connectivity index (χ0) is 28.4. The highest BCUT2D eigenvalue weighted by atomic mass is 16.6. The predicted molar refractivity (Wildman–Crippen MR) is 162 cm³/mol. The summed E-state index contributed by atoms with van der Waals surface area (Å²) < 4.78 is 28.7. The van der Waals surface area contributed by atoms with E-state index in [2.05, 4.69) is 6.92 Å². The van der Waals surface area contributed by atoms with Crippen LogP contribution in [0.5, 0.6) is 11.5 Å². The first-order valence-electron chi connectivity index (χ1n) is 15.5. The molecule has 7 heteroatoms. The summed E-state index contributed by atoms with van der Waals surface area (Å²) in [5, 5.41) is 0. The number of carbonyl (C=O) groups is 1. The molecule has 2 aromatic carbocycles. The number of benzene rings is 2. The van der Waals surface area contributed by atoms with Crippen LogP contribution < -0.4 is 14.9 Å². The van der Waals surface area contributed by atoms with Gasteiger partial charge in [-0.15, -0.1) is 0 Å². The Kier molecular flexibility index (Phi) is 15.2. The van der Waals surface area contributed by atoms with E-state index in [1.54, 1.807) is 36.4 Å². The van der Waals surface area contributed by atoms with Crippen LogP contribution in [0.2, 0.25) is 0 Å². The van der Waals surface area contributed by atoms with E-state index in [-0.39, 0.29) is 13.2 Å². The monoisotopic (exact) mass is 552 g/mol. The molecule has 6 nitrogen and oxygen atoms in total. The average Bonchev–Trinajstić information content (AvgIpc) is 2.98. The molecule has 2 aromatic rings. The molecule has 1 aliphatic rings. The van der Waals surface area contributed by atoms with Crippen molar-refractivity contribution in [2.75, 3.05) is 26.4 Å². The van der Waals surface area contributed by atoms with E-state index in [9.17, 15) is 4.79 Å². The van der Waals surface area contributed by atoms with Crippen LogP contribution in [-0.4, -0.2) is 45.6 Å². The van der Waals surface area contributed by atoms with Crippen LogP contribution in [0, 0.1) is 5.92 Å². The second-order valence-electron chi connectivity index (χ2n) is 10.9. The highest BCUT2D eigenvalue weighted by molar-refractivity contribution is 6.61. The van der Waals surface area contributed by atoms with Gasteiger partial charge in [-0.05, 0) is 62.1 Å². The summed E-state index contributed by atoms with van der Waals surface area (Å²) >= 11 is 0. The van der Waals surface area contributed by atoms with E-state index in [1.807, 2.05) is 26.0 Å². The summed E-state index contributed by atoms with van der Waals surface area (Å²) in [6.07, 6.45) is 14.7.